The van der Waals surface area contributed by atoms with Crippen LogP contribution in [0.5, 0.6) is 0 Å². The first-order valence-electron chi connectivity index (χ1n) is 1.01. The smallest absolute Gasteiger partial charge is 0.171 e. The van der Waals surface area contributed by atoms with E-state index in [2.05, 4.69) is 31.9 Å². The minimum atomic E-state index is -1.74. The number of rotatable bonds is 0. The van der Waals surface area contributed by atoms with Crippen molar-refractivity contribution < 1.29 is 8.78 Å². The normalized spacial score (nSPS) is 8.00. The molecule has 6 heavy (non-hydrogen) atoms. The van der Waals surface area contributed by atoms with Crippen molar-refractivity contribution in [2.75, 3.05) is 0 Å². The molecule has 0 fully saturated rings. The largest absolute Gasteiger partial charge is 0.291 e. The van der Waals surface area contributed by atoms with Gasteiger partial charge in [0.15, 0.2) is 0 Å². The molecule has 0 aromatic carbocycles. The van der Waals surface area contributed by atoms with E-state index in [1.807, 2.05) is 0 Å². The minimum absolute atomic E-state index is 0.282. The predicted octanol–water partition coefficient (Wildman–Crippen LogP) is 2.84. The van der Waals surface area contributed by atoms with Crippen LogP contribution in [0.2, 0.25) is 0 Å². The van der Waals surface area contributed by atoms with Crippen LogP contribution < -0.4 is 0 Å². The maximum absolute atomic E-state index is 10.9. The number of hydrogen-bond donors (Lipinski definition) is 0. The summed E-state index contributed by atoms with van der Waals surface area (Å²) in [6.45, 7) is 0. The maximum atomic E-state index is 10.9. The zero-order chi connectivity index (χ0) is 5.15. The first-order valence-corrected chi connectivity index (χ1v) is 2.59. The highest BCUT2D eigenvalue weighted by atomic mass is 79.9. The molecule has 0 saturated heterocycles. The van der Waals surface area contributed by atoms with Crippen molar-refractivity contribution in [3.63, 3.8) is 0 Å². The van der Waals surface area contributed by atoms with Crippen LogP contribution in [0.3, 0.4) is 0 Å². The zero-order valence-electron chi connectivity index (χ0n) is 2.51. The van der Waals surface area contributed by atoms with E-state index in [4.69, 9.17) is 0 Å². The molecule has 0 aromatic heterocycles. The molecule has 0 aliphatic carbocycles. The van der Waals surface area contributed by atoms with Gasteiger partial charge in [-0.1, -0.05) is 0 Å². The van der Waals surface area contributed by atoms with Gasteiger partial charge >= 0.3 is 0 Å². The Hall–Kier alpha value is 0.560. The van der Waals surface area contributed by atoms with Crippen LogP contribution in [0.1, 0.15) is 0 Å². The fraction of sp³-hybridized carbons (Fsp3) is 0. The standard InChI is InChI=1S/C2Br2F2/c3-1(4)2(5)6. The second-order valence-electron chi connectivity index (χ2n) is 0.521. The number of halogens is 4. The SMILES string of the molecule is FC(F)=C(Br)Br. The summed E-state index contributed by atoms with van der Waals surface area (Å²) in [6, 6.07) is 0. The molecular formula is C2Br2F2. The Morgan fingerprint density at radius 1 is 1.17 bits per heavy atom. The third kappa shape index (κ3) is 2.78. The highest BCUT2D eigenvalue weighted by Crippen LogP contribution is 2.19. The van der Waals surface area contributed by atoms with Gasteiger partial charge < -0.3 is 0 Å². The summed E-state index contributed by atoms with van der Waals surface area (Å²) in [4.78, 5) is 0. The highest BCUT2D eigenvalue weighted by molar-refractivity contribution is 9.28. The van der Waals surface area contributed by atoms with E-state index in [0.29, 0.717) is 0 Å². The van der Waals surface area contributed by atoms with E-state index < -0.39 is 6.08 Å². The van der Waals surface area contributed by atoms with Crippen LogP contribution in [0.25, 0.3) is 0 Å². The molecule has 0 N–H and O–H groups in total. The van der Waals surface area contributed by atoms with Gasteiger partial charge in [0.1, 0.15) is 3.39 Å². The van der Waals surface area contributed by atoms with Crippen LogP contribution in [0.15, 0.2) is 9.47 Å². The van der Waals surface area contributed by atoms with Gasteiger partial charge in [-0.05, 0) is 31.9 Å². The quantitative estimate of drug-likeness (QED) is 0.590. The van der Waals surface area contributed by atoms with Gasteiger partial charge in [0, 0.05) is 0 Å². The minimum Gasteiger partial charge on any atom is -0.171 e. The predicted molar refractivity (Wildman–Crippen MR) is 27.1 cm³/mol. The summed E-state index contributed by atoms with van der Waals surface area (Å²) in [7, 11) is 0. The van der Waals surface area contributed by atoms with Crippen molar-refractivity contribution in [1.82, 2.24) is 0 Å². The van der Waals surface area contributed by atoms with E-state index in [0.717, 1.165) is 0 Å². The fourth-order valence-corrected chi connectivity index (χ4v) is 0. The maximum Gasteiger partial charge on any atom is 0.291 e. The lowest BCUT2D eigenvalue weighted by Gasteiger charge is -1.73. The lowest BCUT2D eigenvalue weighted by atomic mass is 11.2. The van der Waals surface area contributed by atoms with Crippen LogP contribution >= 0.6 is 31.9 Å². The van der Waals surface area contributed by atoms with Crippen LogP contribution in [0, 0.1) is 0 Å². The summed E-state index contributed by atoms with van der Waals surface area (Å²) < 4.78 is 21.6. The third-order valence-electron chi connectivity index (χ3n) is 0.143. The summed E-state index contributed by atoms with van der Waals surface area (Å²) in [6.07, 6.45) is -1.74. The van der Waals surface area contributed by atoms with E-state index in [-0.39, 0.29) is 3.39 Å². The molecule has 0 aromatic rings. The molecule has 0 aliphatic heterocycles. The Morgan fingerprint density at radius 3 is 1.33 bits per heavy atom. The summed E-state index contributed by atoms with van der Waals surface area (Å²) >= 11 is 4.97. The third-order valence-corrected chi connectivity index (χ3v) is 0.742. The number of hydrogen-bond acceptors (Lipinski definition) is 0. The highest BCUT2D eigenvalue weighted by Gasteiger charge is 1.91. The topological polar surface area (TPSA) is 0 Å². The molecule has 0 nitrogen and oxygen atoms in total. The molecule has 0 amide bonds. The van der Waals surface area contributed by atoms with Gasteiger partial charge in [-0.2, -0.15) is 8.78 Å². The molecule has 4 heteroatoms. The summed E-state index contributed by atoms with van der Waals surface area (Å²) in [5.41, 5.74) is 0. The lowest BCUT2D eigenvalue weighted by molar-refractivity contribution is 0.423. The molecule has 0 atom stereocenters. The molecule has 0 radical (unpaired) electrons. The van der Waals surface area contributed by atoms with Gasteiger partial charge in [-0.3, -0.25) is 0 Å². The van der Waals surface area contributed by atoms with Crippen molar-refractivity contribution in [2.45, 2.75) is 0 Å². The van der Waals surface area contributed by atoms with Crippen LogP contribution in [0.4, 0.5) is 8.78 Å². The summed E-state index contributed by atoms with van der Waals surface area (Å²) in [5, 5.41) is 0. The Balaban J connectivity index is 3.68. The average molecular weight is 222 g/mol. The molecular weight excluding hydrogens is 222 g/mol. The van der Waals surface area contributed by atoms with Crippen molar-refractivity contribution >= 4 is 31.9 Å². The molecule has 0 saturated carbocycles. The van der Waals surface area contributed by atoms with Crippen molar-refractivity contribution in [3.05, 3.63) is 9.47 Å². The zero-order valence-corrected chi connectivity index (χ0v) is 5.68. The lowest BCUT2D eigenvalue weighted by Crippen LogP contribution is -1.50. The Labute approximate surface area is 50.5 Å². The van der Waals surface area contributed by atoms with Gasteiger partial charge in [-0.25, -0.2) is 0 Å². The van der Waals surface area contributed by atoms with E-state index in [9.17, 15) is 8.78 Å². The molecule has 0 rings (SSSR count). The van der Waals surface area contributed by atoms with Gasteiger partial charge in [0.05, 0.1) is 0 Å². The average Bonchev–Trinajstić information content (AvgIpc) is 1.36. The molecule has 0 bridgehead atoms. The molecule has 0 unspecified atom stereocenters. The van der Waals surface area contributed by atoms with E-state index in [1.54, 1.807) is 0 Å². The van der Waals surface area contributed by atoms with Gasteiger partial charge in [-0.15, -0.1) is 0 Å². The van der Waals surface area contributed by atoms with E-state index >= 15 is 0 Å². The van der Waals surface area contributed by atoms with Crippen molar-refractivity contribution in [3.8, 4) is 0 Å². The molecule has 0 spiro atoms. The van der Waals surface area contributed by atoms with Crippen molar-refractivity contribution in [1.29, 1.82) is 0 Å². The molecule has 0 aliphatic rings. The van der Waals surface area contributed by atoms with Crippen LogP contribution in [-0.4, -0.2) is 0 Å². The molecule has 0 heterocycles. The second kappa shape index (κ2) is 2.69. The van der Waals surface area contributed by atoms with Crippen LogP contribution in [-0.2, 0) is 0 Å². The first-order chi connectivity index (χ1) is 2.64. The Bertz CT molecular complexity index is 59.6. The van der Waals surface area contributed by atoms with E-state index in [1.165, 1.54) is 0 Å². The monoisotopic (exact) mass is 220 g/mol. The first kappa shape index (κ1) is 6.56. The molecule has 36 valence electrons. The fourth-order valence-electron chi connectivity index (χ4n) is 0. The van der Waals surface area contributed by atoms with Gasteiger partial charge in [0.2, 0.25) is 0 Å². The Morgan fingerprint density at radius 2 is 1.33 bits per heavy atom. The summed E-state index contributed by atoms with van der Waals surface area (Å²) in [5.74, 6) is 0. The Kier molecular flexibility index (Phi) is 2.94. The second-order valence-corrected chi connectivity index (χ2v) is 3.17. The van der Waals surface area contributed by atoms with Gasteiger partial charge in [0.25, 0.3) is 6.08 Å². The van der Waals surface area contributed by atoms with Crippen molar-refractivity contribution in [2.24, 2.45) is 0 Å².